The van der Waals surface area contributed by atoms with E-state index in [2.05, 4.69) is 10.3 Å². The summed E-state index contributed by atoms with van der Waals surface area (Å²) in [6, 6.07) is 1.49. The van der Waals surface area contributed by atoms with Gasteiger partial charge in [-0.05, 0) is 19.1 Å². The smallest absolute Gasteiger partial charge is 0.224 e. The number of rotatable bonds is 6. The van der Waals surface area contributed by atoms with E-state index in [1.165, 1.54) is 14.2 Å². The first kappa shape index (κ1) is 23.1. The highest BCUT2D eigenvalue weighted by Crippen LogP contribution is 2.47. The van der Waals surface area contributed by atoms with E-state index in [4.69, 9.17) is 60.3 Å². The van der Waals surface area contributed by atoms with Crippen molar-refractivity contribution < 1.29 is 14.2 Å². The van der Waals surface area contributed by atoms with Gasteiger partial charge in [-0.3, -0.25) is 0 Å². The van der Waals surface area contributed by atoms with Gasteiger partial charge in [0.05, 0.1) is 51.7 Å². The Morgan fingerprint density at radius 3 is 2.50 bits per heavy atom. The SMILES string of the molecule is CCN1C(=S)N(c2c(Cl)c(OC)cc(OC)c2Cl)Cc2cnc(N[C@@H]3COC[C@@H]3N)nc21. The van der Waals surface area contributed by atoms with Gasteiger partial charge in [0.2, 0.25) is 5.95 Å². The zero-order chi connectivity index (χ0) is 23.0. The second-order valence-electron chi connectivity index (χ2n) is 7.37. The van der Waals surface area contributed by atoms with E-state index in [1.807, 2.05) is 16.7 Å². The van der Waals surface area contributed by atoms with E-state index in [0.717, 1.165) is 11.4 Å². The standard InChI is InChI=1S/C20H24Cl2N6O3S/c1-4-27-18-10(6-24-19(26-18)25-12-9-31-8-11(12)23)7-28(20(27)32)17-15(21)13(29-2)5-14(30-3)16(17)22/h5-6,11-12H,4,7-9,23H2,1-3H3,(H,24,25,26)/t11-,12+/m0/s1. The molecule has 1 saturated heterocycles. The van der Waals surface area contributed by atoms with Crippen molar-refractivity contribution in [2.24, 2.45) is 5.73 Å². The van der Waals surface area contributed by atoms with Crippen LogP contribution < -0.4 is 30.3 Å². The predicted molar refractivity (Wildman–Crippen MR) is 130 cm³/mol. The van der Waals surface area contributed by atoms with Gasteiger partial charge in [-0.15, -0.1) is 0 Å². The number of hydrogen-bond donors (Lipinski definition) is 2. The van der Waals surface area contributed by atoms with Crippen molar-refractivity contribution in [2.75, 3.05) is 49.1 Å². The maximum Gasteiger partial charge on any atom is 0.224 e. The first-order valence-electron chi connectivity index (χ1n) is 10.0. The molecular formula is C20H24Cl2N6O3S. The summed E-state index contributed by atoms with van der Waals surface area (Å²) in [6.45, 7) is 3.98. The van der Waals surface area contributed by atoms with E-state index in [0.29, 0.717) is 64.6 Å². The van der Waals surface area contributed by atoms with Crippen LogP contribution in [0.15, 0.2) is 12.3 Å². The van der Waals surface area contributed by atoms with Gasteiger partial charge >= 0.3 is 0 Å². The number of halogens is 2. The molecule has 0 unspecified atom stereocenters. The van der Waals surface area contributed by atoms with Gasteiger partial charge in [-0.1, -0.05) is 23.2 Å². The normalized spacial score (nSPS) is 20.4. The van der Waals surface area contributed by atoms with E-state index in [-0.39, 0.29) is 12.1 Å². The van der Waals surface area contributed by atoms with Crippen LogP contribution in [0.2, 0.25) is 10.0 Å². The van der Waals surface area contributed by atoms with Gasteiger partial charge in [-0.2, -0.15) is 4.98 Å². The van der Waals surface area contributed by atoms with Crippen molar-refractivity contribution in [1.82, 2.24) is 9.97 Å². The molecule has 2 aliphatic heterocycles. The summed E-state index contributed by atoms with van der Waals surface area (Å²) in [7, 11) is 3.06. The zero-order valence-electron chi connectivity index (χ0n) is 17.9. The number of hydrogen-bond acceptors (Lipinski definition) is 8. The molecule has 9 nitrogen and oxygen atoms in total. The van der Waals surface area contributed by atoms with Crippen molar-refractivity contribution in [3.05, 3.63) is 27.9 Å². The van der Waals surface area contributed by atoms with Gasteiger partial charge in [0, 0.05) is 24.4 Å². The van der Waals surface area contributed by atoms with Crippen molar-refractivity contribution in [1.29, 1.82) is 0 Å². The second kappa shape index (κ2) is 9.40. The zero-order valence-corrected chi connectivity index (χ0v) is 20.2. The average molecular weight is 499 g/mol. The minimum atomic E-state index is -0.110. The summed E-state index contributed by atoms with van der Waals surface area (Å²) in [6.07, 6.45) is 1.77. The Labute approximate surface area is 201 Å². The molecule has 0 saturated carbocycles. The van der Waals surface area contributed by atoms with Crippen LogP contribution >= 0.6 is 35.4 Å². The summed E-state index contributed by atoms with van der Waals surface area (Å²) in [5, 5.41) is 4.45. The fraction of sp³-hybridized carbons (Fsp3) is 0.450. The second-order valence-corrected chi connectivity index (χ2v) is 8.49. The molecule has 3 N–H and O–H groups in total. The lowest BCUT2D eigenvalue weighted by molar-refractivity contribution is 0.192. The van der Waals surface area contributed by atoms with Crippen LogP contribution in [0.25, 0.3) is 0 Å². The van der Waals surface area contributed by atoms with Crippen molar-refractivity contribution in [3.8, 4) is 11.5 Å². The highest BCUT2D eigenvalue weighted by molar-refractivity contribution is 7.80. The lowest BCUT2D eigenvalue weighted by atomic mass is 10.1. The molecule has 0 radical (unpaired) electrons. The van der Waals surface area contributed by atoms with E-state index >= 15 is 0 Å². The quantitative estimate of drug-likeness (QED) is 0.577. The maximum absolute atomic E-state index is 6.64. The summed E-state index contributed by atoms with van der Waals surface area (Å²) in [5.74, 6) is 2.07. The molecule has 0 bridgehead atoms. The lowest BCUT2D eigenvalue weighted by Crippen LogP contribution is -2.48. The van der Waals surface area contributed by atoms with Crippen LogP contribution in [0.5, 0.6) is 11.5 Å². The fourth-order valence-corrected chi connectivity index (χ4v) is 4.82. The Morgan fingerprint density at radius 1 is 1.25 bits per heavy atom. The first-order valence-corrected chi connectivity index (χ1v) is 11.2. The molecule has 2 aliphatic rings. The number of anilines is 3. The molecule has 0 spiro atoms. The number of fused-ring (bicyclic) bond motifs is 1. The van der Waals surface area contributed by atoms with Crippen LogP contribution in [-0.4, -0.2) is 61.1 Å². The molecule has 172 valence electrons. The summed E-state index contributed by atoms with van der Waals surface area (Å²) >= 11 is 19.1. The number of nitrogens with two attached hydrogens (primary N) is 1. The molecular weight excluding hydrogens is 475 g/mol. The molecule has 4 rings (SSSR count). The van der Waals surface area contributed by atoms with Crippen LogP contribution in [0.3, 0.4) is 0 Å². The Bertz CT molecular complexity index is 1010. The van der Waals surface area contributed by atoms with Crippen molar-refractivity contribution in [2.45, 2.75) is 25.6 Å². The van der Waals surface area contributed by atoms with Gasteiger partial charge in [0.25, 0.3) is 0 Å². The van der Waals surface area contributed by atoms with Gasteiger partial charge < -0.3 is 35.1 Å². The molecule has 12 heteroatoms. The Morgan fingerprint density at radius 2 is 1.94 bits per heavy atom. The minimum absolute atomic E-state index is 0.0444. The highest BCUT2D eigenvalue weighted by Gasteiger charge is 2.34. The summed E-state index contributed by atoms with van der Waals surface area (Å²) < 4.78 is 16.2. The van der Waals surface area contributed by atoms with E-state index < -0.39 is 0 Å². The Kier molecular flexibility index (Phi) is 6.78. The third-order valence-corrected chi connectivity index (χ3v) is 6.63. The molecule has 32 heavy (non-hydrogen) atoms. The lowest BCUT2D eigenvalue weighted by Gasteiger charge is -2.39. The molecule has 1 aromatic heterocycles. The first-order chi connectivity index (χ1) is 15.4. The van der Waals surface area contributed by atoms with Crippen LogP contribution in [-0.2, 0) is 11.3 Å². The maximum atomic E-state index is 6.64. The number of benzene rings is 1. The topological polar surface area (TPSA) is 98.0 Å². The Balaban J connectivity index is 1.72. The molecule has 2 atom stereocenters. The third-order valence-electron chi connectivity index (χ3n) is 5.46. The van der Waals surface area contributed by atoms with E-state index in [9.17, 15) is 0 Å². The molecule has 1 fully saturated rings. The Hall–Kier alpha value is -2.11. The van der Waals surface area contributed by atoms with Crippen LogP contribution in [0.4, 0.5) is 17.5 Å². The molecule has 1 aromatic carbocycles. The fourth-order valence-electron chi connectivity index (χ4n) is 3.74. The number of ether oxygens (including phenoxy) is 3. The van der Waals surface area contributed by atoms with Crippen molar-refractivity contribution >= 4 is 58.0 Å². The van der Waals surface area contributed by atoms with E-state index in [1.54, 1.807) is 12.3 Å². The number of thiocarbonyl (C=S) groups is 1. The number of nitrogens with zero attached hydrogens (tertiary/aromatic N) is 4. The molecule has 3 heterocycles. The van der Waals surface area contributed by atoms with Gasteiger partial charge in [-0.25, -0.2) is 4.98 Å². The van der Waals surface area contributed by atoms with Crippen molar-refractivity contribution in [3.63, 3.8) is 0 Å². The average Bonchev–Trinajstić information content (AvgIpc) is 3.19. The van der Waals surface area contributed by atoms with Crippen LogP contribution in [0, 0.1) is 0 Å². The molecule has 0 aliphatic carbocycles. The summed E-state index contributed by atoms with van der Waals surface area (Å²) in [4.78, 5) is 12.9. The predicted octanol–water partition coefficient (Wildman–Crippen LogP) is 3.07. The molecule has 2 aromatic rings. The third kappa shape index (κ3) is 4.01. The van der Waals surface area contributed by atoms with Gasteiger partial charge in [0.15, 0.2) is 5.11 Å². The molecule has 0 amide bonds. The van der Waals surface area contributed by atoms with Crippen LogP contribution in [0.1, 0.15) is 12.5 Å². The number of methoxy groups -OCH3 is 2. The number of nitrogens with one attached hydrogen (secondary N) is 1. The monoisotopic (exact) mass is 498 g/mol. The van der Waals surface area contributed by atoms with Gasteiger partial charge in [0.1, 0.15) is 27.4 Å². The number of aromatic nitrogens is 2. The minimum Gasteiger partial charge on any atom is -0.495 e. The largest absolute Gasteiger partial charge is 0.495 e. The summed E-state index contributed by atoms with van der Waals surface area (Å²) in [5.41, 5.74) is 7.45. The highest BCUT2D eigenvalue weighted by atomic mass is 35.5.